The highest BCUT2D eigenvalue weighted by Crippen LogP contribution is 2.16. The molecule has 0 radical (unpaired) electrons. The lowest BCUT2D eigenvalue weighted by Gasteiger charge is -2.32. The Kier molecular flexibility index (Phi) is 3.16. The summed E-state index contributed by atoms with van der Waals surface area (Å²) in [6.07, 6.45) is 2.86. The van der Waals surface area contributed by atoms with E-state index in [1.807, 2.05) is 5.01 Å². The topological polar surface area (TPSA) is 50.5 Å². The van der Waals surface area contributed by atoms with Crippen molar-refractivity contribution >= 4 is 0 Å². The van der Waals surface area contributed by atoms with E-state index >= 15 is 0 Å². The van der Waals surface area contributed by atoms with Gasteiger partial charge in [-0.2, -0.15) is 0 Å². The Labute approximate surface area is 79.4 Å². The molecule has 0 aromatic heterocycles. The molecule has 0 amide bonds. The first-order valence-electron chi connectivity index (χ1n) is 5.16. The first-order valence-corrected chi connectivity index (χ1v) is 5.16. The molecule has 0 spiro atoms. The average molecular weight is 185 g/mol. The fourth-order valence-electron chi connectivity index (χ4n) is 1.77. The summed E-state index contributed by atoms with van der Waals surface area (Å²) in [6, 6.07) is 0. The minimum absolute atomic E-state index is 0.482. The van der Waals surface area contributed by atoms with Gasteiger partial charge in [-0.15, -0.1) is 0 Å². The van der Waals surface area contributed by atoms with Crippen LogP contribution < -0.4 is 11.2 Å². The van der Waals surface area contributed by atoms with Crippen molar-refractivity contribution in [3.05, 3.63) is 0 Å². The van der Waals surface area contributed by atoms with Crippen LogP contribution in [0, 0.1) is 5.92 Å². The number of rotatable bonds is 3. The predicted molar refractivity (Wildman–Crippen MR) is 51.1 cm³/mol. The molecule has 13 heavy (non-hydrogen) atoms. The van der Waals surface area contributed by atoms with E-state index in [2.05, 4.69) is 5.32 Å². The van der Waals surface area contributed by atoms with Gasteiger partial charge < -0.3 is 10.1 Å². The first kappa shape index (κ1) is 9.40. The van der Waals surface area contributed by atoms with Crippen molar-refractivity contribution < 1.29 is 4.74 Å². The molecular formula is C9H19N3O. The van der Waals surface area contributed by atoms with Crippen molar-refractivity contribution in [3.63, 3.8) is 0 Å². The molecule has 2 saturated heterocycles. The zero-order valence-corrected chi connectivity index (χ0v) is 8.04. The molecule has 3 N–H and O–H groups in total. The summed E-state index contributed by atoms with van der Waals surface area (Å²) in [7, 11) is 0. The fourth-order valence-corrected chi connectivity index (χ4v) is 1.77. The minimum atomic E-state index is 0.482. The quantitative estimate of drug-likeness (QED) is 0.585. The number of ether oxygens (including phenoxy) is 1. The van der Waals surface area contributed by atoms with Gasteiger partial charge >= 0.3 is 0 Å². The van der Waals surface area contributed by atoms with E-state index in [4.69, 9.17) is 10.6 Å². The van der Waals surface area contributed by atoms with Crippen LogP contribution in [0.5, 0.6) is 0 Å². The van der Waals surface area contributed by atoms with Crippen LogP contribution in [-0.4, -0.2) is 43.9 Å². The molecule has 4 heteroatoms. The maximum absolute atomic E-state index is 5.73. The molecule has 4 nitrogen and oxygen atoms in total. The number of hydrazine groups is 1. The third kappa shape index (κ3) is 2.64. The van der Waals surface area contributed by atoms with Gasteiger partial charge in [0.1, 0.15) is 0 Å². The number of piperidine rings is 1. The monoisotopic (exact) mass is 185 g/mol. The summed E-state index contributed by atoms with van der Waals surface area (Å²) in [4.78, 5) is 0. The Bertz CT molecular complexity index is 153. The first-order chi connectivity index (χ1) is 6.34. The predicted octanol–water partition coefficient (Wildman–Crippen LogP) is -0.439. The second-order valence-corrected chi connectivity index (χ2v) is 4.09. The summed E-state index contributed by atoms with van der Waals surface area (Å²) < 4.78 is 5.73. The highest BCUT2D eigenvalue weighted by molar-refractivity contribution is 4.76. The number of nitrogens with two attached hydrogens (primary N) is 1. The Morgan fingerprint density at radius 3 is 2.54 bits per heavy atom. The van der Waals surface area contributed by atoms with Crippen molar-refractivity contribution in [2.45, 2.75) is 18.9 Å². The van der Waals surface area contributed by atoms with E-state index in [-0.39, 0.29) is 0 Å². The van der Waals surface area contributed by atoms with Crippen molar-refractivity contribution in [2.75, 3.05) is 32.8 Å². The molecule has 2 aliphatic heterocycles. The molecule has 0 unspecified atom stereocenters. The zero-order chi connectivity index (χ0) is 9.10. The van der Waals surface area contributed by atoms with Gasteiger partial charge in [-0.05, 0) is 18.8 Å². The van der Waals surface area contributed by atoms with Crippen LogP contribution in [0.1, 0.15) is 12.8 Å². The molecular weight excluding hydrogens is 166 g/mol. The van der Waals surface area contributed by atoms with Crippen molar-refractivity contribution in [1.82, 2.24) is 10.3 Å². The van der Waals surface area contributed by atoms with Gasteiger partial charge in [-0.3, -0.25) is 5.84 Å². The summed E-state index contributed by atoms with van der Waals surface area (Å²) in [5.41, 5.74) is 0. The molecule has 2 rings (SSSR count). The number of nitrogens with zero attached hydrogens (tertiary/aromatic N) is 1. The molecule has 76 valence electrons. The summed E-state index contributed by atoms with van der Waals surface area (Å²) in [5, 5.41) is 5.11. The normalized spacial score (nSPS) is 27.5. The highest BCUT2D eigenvalue weighted by atomic mass is 16.5. The SMILES string of the molecule is NN1CCC(COC2CNC2)CC1. The second kappa shape index (κ2) is 4.37. The highest BCUT2D eigenvalue weighted by Gasteiger charge is 2.21. The van der Waals surface area contributed by atoms with Crippen molar-refractivity contribution in [3.8, 4) is 0 Å². The molecule has 0 aliphatic carbocycles. The largest absolute Gasteiger partial charge is 0.375 e. The number of hydrogen-bond acceptors (Lipinski definition) is 4. The van der Waals surface area contributed by atoms with E-state index in [9.17, 15) is 0 Å². The fraction of sp³-hybridized carbons (Fsp3) is 1.00. The molecule has 2 fully saturated rings. The van der Waals surface area contributed by atoms with Gasteiger partial charge in [0.05, 0.1) is 6.10 Å². The Morgan fingerprint density at radius 2 is 2.00 bits per heavy atom. The smallest absolute Gasteiger partial charge is 0.0823 e. The van der Waals surface area contributed by atoms with E-state index in [1.165, 1.54) is 12.8 Å². The molecule has 0 saturated carbocycles. The summed E-state index contributed by atoms with van der Waals surface area (Å²) in [5.74, 6) is 6.41. The van der Waals surface area contributed by atoms with E-state index < -0.39 is 0 Å². The molecule has 0 bridgehead atoms. The van der Waals surface area contributed by atoms with Gasteiger partial charge in [0.25, 0.3) is 0 Å². The lowest BCUT2D eigenvalue weighted by atomic mass is 9.99. The van der Waals surface area contributed by atoms with Gasteiger partial charge in [-0.25, -0.2) is 5.01 Å². The van der Waals surface area contributed by atoms with Crippen LogP contribution in [0.3, 0.4) is 0 Å². The lowest BCUT2D eigenvalue weighted by Crippen LogP contribution is -2.49. The average Bonchev–Trinajstić information content (AvgIpc) is 2.05. The molecule has 0 aromatic carbocycles. The third-order valence-corrected chi connectivity index (χ3v) is 2.96. The van der Waals surface area contributed by atoms with Crippen LogP contribution in [0.4, 0.5) is 0 Å². The maximum atomic E-state index is 5.73. The standard InChI is InChI=1S/C9H19N3O/c10-12-3-1-8(2-4-12)7-13-9-5-11-6-9/h8-9,11H,1-7,10H2. The van der Waals surface area contributed by atoms with Crippen LogP contribution in [0.15, 0.2) is 0 Å². The van der Waals surface area contributed by atoms with E-state index in [0.29, 0.717) is 6.10 Å². The molecule has 2 heterocycles. The van der Waals surface area contributed by atoms with Crippen LogP contribution >= 0.6 is 0 Å². The molecule has 0 atom stereocenters. The van der Waals surface area contributed by atoms with Gasteiger partial charge in [0.15, 0.2) is 0 Å². The van der Waals surface area contributed by atoms with Crippen LogP contribution in [-0.2, 0) is 4.74 Å². The van der Waals surface area contributed by atoms with Crippen LogP contribution in [0.2, 0.25) is 0 Å². The summed E-state index contributed by atoms with van der Waals surface area (Å²) >= 11 is 0. The number of nitrogens with one attached hydrogen (secondary N) is 1. The lowest BCUT2D eigenvalue weighted by molar-refractivity contribution is -0.0125. The summed E-state index contributed by atoms with van der Waals surface area (Å²) in [6.45, 7) is 5.06. The number of hydrogen-bond donors (Lipinski definition) is 2. The van der Waals surface area contributed by atoms with Crippen LogP contribution in [0.25, 0.3) is 0 Å². The second-order valence-electron chi connectivity index (χ2n) is 4.09. The van der Waals surface area contributed by atoms with E-state index in [1.54, 1.807) is 0 Å². The maximum Gasteiger partial charge on any atom is 0.0823 e. The Balaban J connectivity index is 1.59. The molecule has 2 aliphatic rings. The van der Waals surface area contributed by atoms with Crippen molar-refractivity contribution in [1.29, 1.82) is 0 Å². The van der Waals surface area contributed by atoms with Gasteiger partial charge in [0.2, 0.25) is 0 Å². The minimum Gasteiger partial charge on any atom is -0.375 e. The van der Waals surface area contributed by atoms with Gasteiger partial charge in [0, 0.05) is 32.8 Å². The third-order valence-electron chi connectivity index (χ3n) is 2.96. The zero-order valence-electron chi connectivity index (χ0n) is 8.04. The van der Waals surface area contributed by atoms with E-state index in [0.717, 1.165) is 38.7 Å². The Hall–Kier alpha value is -0.160. The molecule has 0 aromatic rings. The Morgan fingerprint density at radius 1 is 1.31 bits per heavy atom. The van der Waals surface area contributed by atoms with Gasteiger partial charge in [-0.1, -0.05) is 0 Å². The van der Waals surface area contributed by atoms with Crippen molar-refractivity contribution in [2.24, 2.45) is 11.8 Å².